The third-order valence-corrected chi connectivity index (χ3v) is 10.8. The first-order valence-electron chi connectivity index (χ1n) is 18.9. The topological polar surface area (TPSA) is 3.24 Å². The maximum Gasteiger partial charge on any atom is 0.0468 e. The highest BCUT2D eigenvalue weighted by Gasteiger charge is 2.18. The zero-order valence-electron chi connectivity index (χ0n) is 30.3. The van der Waals surface area contributed by atoms with Crippen molar-refractivity contribution in [3.8, 4) is 44.5 Å². The zero-order valence-corrected chi connectivity index (χ0v) is 30.3. The van der Waals surface area contributed by atoms with E-state index in [1.54, 1.807) is 0 Å². The van der Waals surface area contributed by atoms with Crippen LogP contribution in [0.2, 0.25) is 0 Å². The molecule has 0 aromatic heterocycles. The Morgan fingerprint density at radius 1 is 0.218 bits per heavy atom. The first-order chi connectivity index (χ1) is 27.3. The molecule has 0 saturated heterocycles. The molecule has 10 rings (SSSR count). The van der Waals surface area contributed by atoms with E-state index in [0.717, 1.165) is 17.1 Å². The number of anilines is 3. The van der Waals surface area contributed by atoms with Crippen molar-refractivity contribution in [3.05, 3.63) is 224 Å². The molecule has 0 radical (unpaired) electrons. The molecule has 0 aliphatic carbocycles. The molecule has 0 amide bonds. The van der Waals surface area contributed by atoms with Crippen molar-refractivity contribution in [1.82, 2.24) is 0 Å². The summed E-state index contributed by atoms with van der Waals surface area (Å²) in [6.07, 6.45) is 0. The van der Waals surface area contributed by atoms with Crippen molar-refractivity contribution in [2.45, 2.75) is 0 Å². The van der Waals surface area contributed by atoms with Crippen LogP contribution in [0.1, 0.15) is 0 Å². The summed E-state index contributed by atoms with van der Waals surface area (Å²) in [5.41, 5.74) is 13.0. The molecular formula is C54H37N. The van der Waals surface area contributed by atoms with Gasteiger partial charge in [0.05, 0.1) is 0 Å². The van der Waals surface area contributed by atoms with Crippen molar-refractivity contribution >= 4 is 49.4 Å². The Labute approximate surface area is 322 Å². The number of rotatable bonds is 7. The maximum absolute atomic E-state index is 2.40. The van der Waals surface area contributed by atoms with Crippen LogP contribution in [-0.2, 0) is 0 Å². The summed E-state index contributed by atoms with van der Waals surface area (Å²) in [5, 5.41) is 7.47. The third-order valence-electron chi connectivity index (χ3n) is 10.8. The number of fused-ring (bicyclic) bond motifs is 4. The molecule has 0 fully saturated rings. The molecule has 0 aliphatic rings. The van der Waals surface area contributed by atoms with E-state index in [-0.39, 0.29) is 0 Å². The lowest BCUT2D eigenvalue weighted by Crippen LogP contribution is -2.10. The van der Waals surface area contributed by atoms with E-state index in [1.807, 2.05) is 0 Å². The van der Waals surface area contributed by atoms with E-state index in [2.05, 4.69) is 229 Å². The number of nitrogens with zero attached hydrogens (tertiary/aromatic N) is 1. The van der Waals surface area contributed by atoms with Gasteiger partial charge in [-0.3, -0.25) is 0 Å². The van der Waals surface area contributed by atoms with E-state index in [0.29, 0.717) is 0 Å². The molecule has 0 atom stereocenters. The van der Waals surface area contributed by atoms with Gasteiger partial charge in [-0.2, -0.15) is 0 Å². The van der Waals surface area contributed by atoms with Crippen molar-refractivity contribution in [2.24, 2.45) is 0 Å². The normalized spacial score (nSPS) is 11.3. The second-order valence-electron chi connectivity index (χ2n) is 14.1. The molecule has 0 saturated carbocycles. The van der Waals surface area contributed by atoms with Gasteiger partial charge in [0.15, 0.2) is 0 Å². The van der Waals surface area contributed by atoms with Crippen LogP contribution in [0.3, 0.4) is 0 Å². The first-order valence-corrected chi connectivity index (χ1v) is 18.9. The van der Waals surface area contributed by atoms with Gasteiger partial charge in [-0.15, -0.1) is 0 Å². The van der Waals surface area contributed by atoms with Crippen LogP contribution in [0, 0.1) is 0 Å². The molecule has 0 heterocycles. The molecule has 0 unspecified atom stereocenters. The highest BCUT2D eigenvalue weighted by atomic mass is 15.1. The molecule has 10 aromatic rings. The number of hydrogen-bond donors (Lipinski definition) is 0. The minimum atomic E-state index is 1.10. The summed E-state index contributed by atoms with van der Waals surface area (Å²) in [6.45, 7) is 0. The smallest absolute Gasteiger partial charge is 0.0468 e. The maximum atomic E-state index is 2.40. The van der Waals surface area contributed by atoms with Crippen LogP contribution in [0.25, 0.3) is 76.8 Å². The predicted octanol–water partition coefficient (Wildman–Crippen LogP) is 15.3. The number of benzene rings is 10. The summed E-state index contributed by atoms with van der Waals surface area (Å²) >= 11 is 0. The molecule has 55 heavy (non-hydrogen) atoms. The van der Waals surface area contributed by atoms with E-state index >= 15 is 0 Å². The summed E-state index contributed by atoms with van der Waals surface area (Å²) < 4.78 is 0. The van der Waals surface area contributed by atoms with Gasteiger partial charge in [-0.05, 0) is 119 Å². The number of hydrogen-bond acceptors (Lipinski definition) is 1. The lowest BCUT2D eigenvalue weighted by atomic mass is 9.93. The highest BCUT2D eigenvalue weighted by Crippen LogP contribution is 2.43. The van der Waals surface area contributed by atoms with Gasteiger partial charge in [0, 0.05) is 17.1 Å². The van der Waals surface area contributed by atoms with Gasteiger partial charge in [-0.1, -0.05) is 182 Å². The molecule has 0 spiro atoms. The molecule has 258 valence electrons. The van der Waals surface area contributed by atoms with Crippen molar-refractivity contribution in [1.29, 1.82) is 0 Å². The summed E-state index contributed by atoms with van der Waals surface area (Å²) in [5.74, 6) is 0. The average molecular weight is 700 g/mol. The monoisotopic (exact) mass is 699 g/mol. The molecule has 1 nitrogen and oxygen atoms in total. The Morgan fingerprint density at radius 3 is 1.47 bits per heavy atom. The van der Waals surface area contributed by atoms with Gasteiger partial charge >= 0.3 is 0 Å². The van der Waals surface area contributed by atoms with Crippen LogP contribution in [0.15, 0.2) is 224 Å². The average Bonchev–Trinajstić information content (AvgIpc) is 3.27. The van der Waals surface area contributed by atoms with Gasteiger partial charge in [0.25, 0.3) is 0 Å². The fourth-order valence-corrected chi connectivity index (χ4v) is 8.11. The second kappa shape index (κ2) is 14.0. The minimum Gasteiger partial charge on any atom is -0.310 e. The Bertz CT molecular complexity index is 2950. The predicted molar refractivity (Wildman–Crippen MR) is 235 cm³/mol. The Morgan fingerprint density at radius 2 is 0.745 bits per heavy atom. The fourth-order valence-electron chi connectivity index (χ4n) is 8.11. The van der Waals surface area contributed by atoms with Crippen LogP contribution in [-0.4, -0.2) is 0 Å². The third kappa shape index (κ3) is 6.12. The van der Waals surface area contributed by atoms with E-state index in [4.69, 9.17) is 0 Å². The zero-order chi connectivity index (χ0) is 36.6. The van der Waals surface area contributed by atoms with Gasteiger partial charge in [-0.25, -0.2) is 0 Å². The Kier molecular flexibility index (Phi) is 8.24. The summed E-state index contributed by atoms with van der Waals surface area (Å²) in [4.78, 5) is 2.40. The quantitative estimate of drug-likeness (QED) is 0.150. The van der Waals surface area contributed by atoms with Crippen molar-refractivity contribution < 1.29 is 0 Å². The van der Waals surface area contributed by atoms with Gasteiger partial charge in [0.2, 0.25) is 0 Å². The Balaban J connectivity index is 1.11. The standard InChI is InChI=1S/C54H37N/c1-4-13-39(14-5-1)49-22-12-20-45-35-44(28-33-52(45)49)38-25-29-46(30-26-38)55(47-31-27-43-24-23-42-19-10-11-21-50(42)54(43)36-47)48-32-34-51(40-15-6-2-7-16-40)53(37-48)41-17-8-3-9-18-41/h1-37H. The van der Waals surface area contributed by atoms with Crippen LogP contribution < -0.4 is 4.90 Å². The van der Waals surface area contributed by atoms with E-state index in [9.17, 15) is 0 Å². The second-order valence-corrected chi connectivity index (χ2v) is 14.1. The van der Waals surface area contributed by atoms with Crippen LogP contribution in [0.4, 0.5) is 17.1 Å². The molecule has 0 aliphatic heterocycles. The SMILES string of the molecule is c1ccc(-c2ccc(N(c3ccc(-c4ccc5c(-c6ccccc6)cccc5c4)cc3)c3ccc4ccc5ccccc5c4c3)cc2-c2ccccc2)cc1. The molecular weight excluding hydrogens is 663 g/mol. The largest absolute Gasteiger partial charge is 0.310 e. The van der Waals surface area contributed by atoms with Gasteiger partial charge in [0.1, 0.15) is 0 Å². The van der Waals surface area contributed by atoms with Gasteiger partial charge < -0.3 is 4.90 Å². The lowest BCUT2D eigenvalue weighted by Gasteiger charge is -2.27. The van der Waals surface area contributed by atoms with E-state index in [1.165, 1.54) is 76.8 Å². The Hall–Kier alpha value is -7.22. The first kappa shape index (κ1) is 32.4. The van der Waals surface area contributed by atoms with Crippen molar-refractivity contribution in [3.63, 3.8) is 0 Å². The molecule has 10 aromatic carbocycles. The fraction of sp³-hybridized carbons (Fsp3) is 0. The van der Waals surface area contributed by atoms with E-state index < -0.39 is 0 Å². The molecule has 0 bridgehead atoms. The van der Waals surface area contributed by atoms with Crippen LogP contribution >= 0.6 is 0 Å². The minimum absolute atomic E-state index is 1.10. The summed E-state index contributed by atoms with van der Waals surface area (Å²) in [6, 6.07) is 81.5. The molecule has 0 N–H and O–H groups in total. The summed E-state index contributed by atoms with van der Waals surface area (Å²) in [7, 11) is 0. The van der Waals surface area contributed by atoms with Crippen LogP contribution in [0.5, 0.6) is 0 Å². The van der Waals surface area contributed by atoms with Crippen molar-refractivity contribution in [2.75, 3.05) is 4.90 Å². The lowest BCUT2D eigenvalue weighted by molar-refractivity contribution is 1.29. The molecule has 1 heteroatoms. The highest BCUT2D eigenvalue weighted by molar-refractivity contribution is 6.09.